The first kappa shape index (κ1) is 12.7. The van der Waals surface area contributed by atoms with Gasteiger partial charge in [0.1, 0.15) is 0 Å². The van der Waals surface area contributed by atoms with Gasteiger partial charge in [0, 0.05) is 18.4 Å². The van der Waals surface area contributed by atoms with Crippen molar-refractivity contribution >= 4 is 5.95 Å². The van der Waals surface area contributed by atoms with Crippen molar-refractivity contribution < 1.29 is 0 Å². The summed E-state index contributed by atoms with van der Waals surface area (Å²) in [5, 5.41) is 3.46. The van der Waals surface area contributed by atoms with Crippen LogP contribution in [0.4, 0.5) is 5.95 Å². The number of aromatic nitrogens is 2. The number of hydrogen-bond donors (Lipinski definition) is 1. The molecule has 18 heavy (non-hydrogen) atoms. The molecule has 2 aromatic rings. The summed E-state index contributed by atoms with van der Waals surface area (Å²) in [6, 6.07) is 9.28. The van der Waals surface area contributed by atoms with Crippen LogP contribution in [0, 0.1) is 6.92 Å². The fourth-order valence-electron chi connectivity index (χ4n) is 1.97. The molecular formula is C15H21N3. The van der Waals surface area contributed by atoms with E-state index in [1.165, 1.54) is 11.1 Å². The maximum absolute atomic E-state index is 4.37. The first-order chi connectivity index (χ1) is 8.58. The standard InChI is InChI=1S/C15H21N3/c1-11(2)18-10-9-16-15(18)17-13(4)14-7-5-12(3)6-8-14/h5-11,13H,1-4H3,(H,16,17). The van der Waals surface area contributed by atoms with Crippen LogP contribution in [0.25, 0.3) is 0 Å². The van der Waals surface area contributed by atoms with Gasteiger partial charge in [0.2, 0.25) is 5.95 Å². The predicted molar refractivity (Wildman–Crippen MR) is 75.8 cm³/mol. The molecule has 0 aliphatic rings. The predicted octanol–water partition coefficient (Wildman–Crippen LogP) is 3.95. The van der Waals surface area contributed by atoms with Crippen LogP contribution in [0.1, 0.15) is 44.0 Å². The van der Waals surface area contributed by atoms with E-state index in [0.29, 0.717) is 6.04 Å². The van der Waals surface area contributed by atoms with Crippen LogP contribution >= 0.6 is 0 Å². The lowest BCUT2D eigenvalue weighted by Crippen LogP contribution is -2.12. The highest BCUT2D eigenvalue weighted by Gasteiger charge is 2.10. The van der Waals surface area contributed by atoms with E-state index < -0.39 is 0 Å². The van der Waals surface area contributed by atoms with Crippen molar-refractivity contribution in [3.05, 3.63) is 47.8 Å². The van der Waals surface area contributed by atoms with Gasteiger partial charge in [-0.1, -0.05) is 29.8 Å². The highest BCUT2D eigenvalue weighted by Crippen LogP contribution is 2.20. The lowest BCUT2D eigenvalue weighted by atomic mass is 10.1. The van der Waals surface area contributed by atoms with Crippen LogP contribution in [0.2, 0.25) is 0 Å². The molecular weight excluding hydrogens is 222 g/mol. The molecule has 1 aromatic carbocycles. The lowest BCUT2D eigenvalue weighted by Gasteiger charge is -2.18. The van der Waals surface area contributed by atoms with E-state index in [0.717, 1.165) is 5.95 Å². The molecule has 2 rings (SSSR count). The zero-order valence-electron chi connectivity index (χ0n) is 11.5. The number of aryl methyl sites for hydroxylation is 1. The van der Waals surface area contributed by atoms with Crippen LogP contribution in [0.3, 0.4) is 0 Å². The van der Waals surface area contributed by atoms with E-state index in [-0.39, 0.29) is 6.04 Å². The van der Waals surface area contributed by atoms with Crippen LogP contribution in [-0.4, -0.2) is 9.55 Å². The number of nitrogens with zero attached hydrogens (tertiary/aromatic N) is 2. The summed E-state index contributed by atoms with van der Waals surface area (Å²) >= 11 is 0. The zero-order chi connectivity index (χ0) is 13.1. The number of hydrogen-bond acceptors (Lipinski definition) is 2. The monoisotopic (exact) mass is 243 g/mol. The number of rotatable bonds is 4. The Hall–Kier alpha value is -1.77. The van der Waals surface area contributed by atoms with Crippen LogP contribution < -0.4 is 5.32 Å². The van der Waals surface area contributed by atoms with Gasteiger partial charge in [0.15, 0.2) is 0 Å². The van der Waals surface area contributed by atoms with E-state index in [2.05, 4.69) is 66.8 Å². The van der Waals surface area contributed by atoms with Crippen molar-refractivity contribution in [2.24, 2.45) is 0 Å². The molecule has 1 unspecified atom stereocenters. The molecule has 0 spiro atoms. The summed E-state index contributed by atoms with van der Waals surface area (Å²) in [7, 11) is 0. The quantitative estimate of drug-likeness (QED) is 0.881. The molecule has 3 heteroatoms. The average molecular weight is 243 g/mol. The third kappa shape index (κ3) is 2.73. The second-order valence-electron chi connectivity index (χ2n) is 5.03. The Balaban J connectivity index is 2.13. The molecule has 3 nitrogen and oxygen atoms in total. The van der Waals surface area contributed by atoms with Crippen molar-refractivity contribution in [3.8, 4) is 0 Å². The van der Waals surface area contributed by atoms with Gasteiger partial charge in [0.05, 0.1) is 6.04 Å². The van der Waals surface area contributed by atoms with Crippen LogP contribution in [0.5, 0.6) is 0 Å². The van der Waals surface area contributed by atoms with E-state index in [1.54, 1.807) is 0 Å². The topological polar surface area (TPSA) is 29.9 Å². The first-order valence-corrected chi connectivity index (χ1v) is 6.44. The normalized spacial score (nSPS) is 12.7. The van der Waals surface area contributed by atoms with Gasteiger partial charge in [-0.15, -0.1) is 0 Å². The Morgan fingerprint density at radius 1 is 1.11 bits per heavy atom. The lowest BCUT2D eigenvalue weighted by molar-refractivity contribution is 0.600. The summed E-state index contributed by atoms with van der Waals surface area (Å²) in [4.78, 5) is 4.37. The molecule has 0 aliphatic carbocycles. The molecule has 0 fully saturated rings. The molecule has 0 saturated heterocycles. The molecule has 0 amide bonds. The summed E-state index contributed by atoms with van der Waals surface area (Å²) in [5.41, 5.74) is 2.56. The maximum Gasteiger partial charge on any atom is 0.203 e. The number of nitrogens with one attached hydrogen (secondary N) is 1. The van der Waals surface area contributed by atoms with Crippen molar-refractivity contribution in [1.82, 2.24) is 9.55 Å². The van der Waals surface area contributed by atoms with E-state index in [1.807, 2.05) is 12.4 Å². The Labute approximate surface area is 109 Å². The summed E-state index contributed by atoms with van der Waals surface area (Å²) in [5.74, 6) is 0.929. The minimum Gasteiger partial charge on any atom is -0.349 e. The van der Waals surface area contributed by atoms with Crippen molar-refractivity contribution in [3.63, 3.8) is 0 Å². The van der Waals surface area contributed by atoms with Gasteiger partial charge in [-0.2, -0.15) is 0 Å². The van der Waals surface area contributed by atoms with E-state index >= 15 is 0 Å². The fourth-order valence-corrected chi connectivity index (χ4v) is 1.97. The molecule has 1 N–H and O–H groups in total. The van der Waals surface area contributed by atoms with Gasteiger partial charge < -0.3 is 9.88 Å². The molecule has 0 radical (unpaired) electrons. The van der Waals surface area contributed by atoms with Crippen LogP contribution in [0.15, 0.2) is 36.7 Å². The second-order valence-corrected chi connectivity index (χ2v) is 5.03. The number of imidazole rings is 1. The minimum absolute atomic E-state index is 0.255. The Bertz CT molecular complexity index is 497. The average Bonchev–Trinajstić information content (AvgIpc) is 2.78. The minimum atomic E-state index is 0.255. The maximum atomic E-state index is 4.37. The molecule has 0 bridgehead atoms. The van der Waals surface area contributed by atoms with E-state index in [9.17, 15) is 0 Å². The number of anilines is 1. The highest BCUT2D eigenvalue weighted by molar-refractivity contribution is 5.34. The van der Waals surface area contributed by atoms with Gasteiger partial charge in [-0.25, -0.2) is 4.98 Å². The molecule has 1 heterocycles. The SMILES string of the molecule is Cc1ccc(C(C)Nc2nccn2C(C)C)cc1. The smallest absolute Gasteiger partial charge is 0.203 e. The largest absolute Gasteiger partial charge is 0.349 e. The van der Waals surface area contributed by atoms with Crippen molar-refractivity contribution in [2.45, 2.75) is 39.8 Å². The summed E-state index contributed by atoms with van der Waals surface area (Å²) < 4.78 is 2.14. The van der Waals surface area contributed by atoms with Gasteiger partial charge >= 0.3 is 0 Å². The summed E-state index contributed by atoms with van der Waals surface area (Å²) in [6.45, 7) is 8.57. The van der Waals surface area contributed by atoms with E-state index in [4.69, 9.17) is 0 Å². The highest BCUT2D eigenvalue weighted by atomic mass is 15.2. The zero-order valence-corrected chi connectivity index (χ0v) is 11.5. The third-order valence-corrected chi connectivity index (χ3v) is 3.15. The van der Waals surface area contributed by atoms with Gasteiger partial charge in [-0.05, 0) is 33.3 Å². The molecule has 1 atom stereocenters. The Morgan fingerprint density at radius 3 is 2.39 bits per heavy atom. The van der Waals surface area contributed by atoms with Crippen molar-refractivity contribution in [1.29, 1.82) is 0 Å². The Kier molecular flexibility index (Phi) is 3.70. The van der Waals surface area contributed by atoms with Gasteiger partial charge in [-0.3, -0.25) is 0 Å². The number of benzene rings is 1. The van der Waals surface area contributed by atoms with Crippen molar-refractivity contribution in [2.75, 3.05) is 5.32 Å². The second kappa shape index (κ2) is 5.25. The molecule has 1 aromatic heterocycles. The Morgan fingerprint density at radius 2 is 1.78 bits per heavy atom. The first-order valence-electron chi connectivity index (χ1n) is 6.44. The molecule has 0 aliphatic heterocycles. The third-order valence-electron chi connectivity index (χ3n) is 3.15. The van der Waals surface area contributed by atoms with Gasteiger partial charge in [0.25, 0.3) is 0 Å². The molecule has 0 saturated carbocycles. The molecule has 96 valence electrons. The summed E-state index contributed by atoms with van der Waals surface area (Å²) in [6.07, 6.45) is 3.85. The fraction of sp³-hybridized carbons (Fsp3) is 0.400. The van der Waals surface area contributed by atoms with Crippen LogP contribution in [-0.2, 0) is 0 Å².